The first kappa shape index (κ1) is 16.8. The topological polar surface area (TPSA) is 0 Å². The van der Waals surface area contributed by atoms with E-state index in [1.165, 1.54) is 66.8 Å². The zero-order chi connectivity index (χ0) is 19.5. The van der Waals surface area contributed by atoms with Gasteiger partial charge in [-0.1, -0.05) is 60.7 Å². The minimum absolute atomic E-state index is 1.03. The zero-order valence-corrected chi connectivity index (χ0v) is 17.0. The van der Waals surface area contributed by atoms with Gasteiger partial charge in [0.05, 0.1) is 0 Å². The van der Waals surface area contributed by atoms with E-state index >= 15 is 0 Å². The van der Waals surface area contributed by atoms with Crippen molar-refractivity contribution in [1.82, 2.24) is 0 Å². The van der Waals surface area contributed by atoms with Gasteiger partial charge in [-0.25, -0.2) is 0 Å². The summed E-state index contributed by atoms with van der Waals surface area (Å²) in [5.74, 6) is 0. The van der Waals surface area contributed by atoms with Crippen LogP contribution >= 0.6 is 0 Å². The SMILES string of the molecule is CC1=C(CC2=C(C)C=C3Cc4ccccc4C=C32)C2=Cc3ccccc3CC2=C1. The van der Waals surface area contributed by atoms with Gasteiger partial charge in [-0.05, 0) is 112 Å². The third-order valence-electron chi connectivity index (χ3n) is 6.90. The number of allylic oxidation sites excluding steroid dienone is 10. The van der Waals surface area contributed by atoms with Crippen LogP contribution in [0.2, 0.25) is 0 Å². The molecule has 0 unspecified atom stereocenters. The van der Waals surface area contributed by atoms with Crippen molar-refractivity contribution in [2.45, 2.75) is 33.1 Å². The highest BCUT2D eigenvalue weighted by molar-refractivity contribution is 5.80. The van der Waals surface area contributed by atoms with E-state index in [1.54, 1.807) is 0 Å². The summed E-state index contributed by atoms with van der Waals surface area (Å²) in [5, 5.41) is 0. The van der Waals surface area contributed by atoms with Crippen LogP contribution in [-0.2, 0) is 12.8 Å². The Morgan fingerprint density at radius 2 is 1.03 bits per heavy atom. The maximum Gasteiger partial charge on any atom is -0.000842 e. The molecule has 0 amide bonds. The highest BCUT2D eigenvalue weighted by Crippen LogP contribution is 2.46. The molecule has 2 aromatic carbocycles. The van der Waals surface area contributed by atoms with Crippen molar-refractivity contribution in [1.29, 1.82) is 0 Å². The fourth-order valence-corrected chi connectivity index (χ4v) is 5.36. The van der Waals surface area contributed by atoms with E-state index in [0.717, 1.165) is 19.3 Å². The third-order valence-corrected chi connectivity index (χ3v) is 6.90. The molecule has 0 saturated heterocycles. The Balaban J connectivity index is 1.38. The molecule has 4 aliphatic rings. The van der Waals surface area contributed by atoms with Crippen LogP contribution < -0.4 is 0 Å². The normalized spacial score (nSPS) is 19.1. The zero-order valence-electron chi connectivity index (χ0n) is 17.0. The average molecular weight is 373 g/mol. The van der Waals surface area contributed by atoms with E-state index in [0.29, 0.717) is 0 Å². The lowest BCUT2D eigenvalue weighted by Crippen LogP contribution is -2.05. The monoisotopic (exact) mass is 372 g/mol. The second kappa shape index (κ2) is 6.19. The lowest BCUT2D eigenvalue weighted by Gasteiger charge is -2.22. The van der Waals surface area contributed by atoms with Gasteiger partial charge in [0.1, 0.15) is 0 Å². The molecular weight excluding hydrogens is 348 g/mol. The smallest absolute Gasteiger partial charge is 0.000842 e. The molecule has 0 fully saturated rings. The minimum Gasteiger partial charge on any atom is -0.0619 e. The molecule has 0 radical (unpaired) electrons. The van der Waals surface area contributed by atoms with E-state index in [1.807, 2.05) is 0 Å². The highest BCUT2D eigenvalue weighted by Gasteiger charge is 2.29. The van der Waals surface area contributed by atoms with Crippen molar-refractivity contribution >= 4 is 12.2 Å². The van der Waals surface area contributed by atoms with Gasteiger partial charge in [-0.15, -0.1) is 0 Å². The summed E-state index contributed by atoms with van der Waals surface area (Å²) < 4.78 is 0. The molecule has 0 N–H and O–H groups in total. The predicted molar refractivity (Wildman–Crippen MR) is 122 cm³/mol. The first-order chi connectivity index (χ1) is 14.2. The van der Waals surface area contributed by atoms with Crippen molar-refractivity contribution in [3.8, 4) is 0 Å². The summed E-state index contributed by atoms with van der Waals surface area (Å²) in [6.45, 7) is 4.58. The summed E-state index contributed by atoms with van der Waals surface area (Å²) in [4.78, 5) is 0. The Morgan fingerprint density at radius 3 is 1.52 bits per heavy atom. The number of hydrogen-bond donors (Lipinski definition) is 0. The highest BCUT2D eigenvalue weighted by atomic mass is 14.3. The largest absolute Gasteiger partial charge is 0.0619 e. The van der Waals surface area contributed by atoms with E-state index in [-0.39, 0.29) is 0 Å². The van der Waals surface area contributed by atoms with Gasteiger partial charge in [0.25, 0.3) is 0 Å². The van der Waals surface area contributed by atoms with Gasteiger partial charge in [-0.3, -0.25) is 0 Å². The number of rotatable bonds is 2. The van der Waals surface area contributed by atoms with Gasteiger partial charge >= 0.3 is 0 Å². The Kier molecular flexibility index (Phi) is 3.59. The summed E-state index contributed by atoms with van der Waals surface area (Å²) in [7, 11) is 0. The molecule has 0 atom stereocenters. The third kappa shape index (κ3) is 2.59. The lowest BCUT2D eigenvalue weighted by molar-refractivity contribution is 1.07. The summed E-state index contributed by atoms with van der Waals surface area (Å²) in [5.41, 5.74) is 17.5. The number of hydrogen-bond acceptors (Lipinski definition) is 0. The minimum atomic E-state index is 1.03. The van der Waals surface area contributed by atoms with Crippen LogP contribution in [0.1, 0.15) is 42.5 Å². The second-order valence-electron chi connectivity index (χ2n) is 8.71. The first-order valence-corrected chi connectivity index (χ1v) is 10.6. The van der Waals surface area contributed by atoms with Crippen LogP contribution in [0.4, 0.5) is 0 Å². The van der Waals surface area contributed by atoms with E-state index in [9.17, 15) is 0 Å². The van der Waals surface area contributed by atoms with Gasteiger partial charge in [0, 0.05) is 0 Å². The molecule has 0 spiro atoms. The van der Waals surface area contributed by atoms with Crippen LogP contribution in [0.25, 0.3) is 12.2 Å². The molecule has 29 heavy (non-hydrogen) atoms. The molecule has 4 aliphatic carbocycles. The van der Waals surface area contributed by atoms with Crippen molar-refractivity contribution in [2.75, 3.05) is 0 Å². The first-order valence-electron chi connectivity index (χ1n) is 10.6. The van der Waals surface area contributed by atoms with Gasteiger partial charge < -0.3 is 0 Å². The molecule has 0 saturated carbocycles. The molecule has 140 valence electrons. The predicted octanol–water partition coefficient (Wildman–Crippen LogP) is 7.17. The fourth-order valence-electron chi connectivity index (χ4n) is 5.36. The van der Waals surface area contributed by atoms with Crippen LogP contribution in [0.5, 0.6) is 0 Å². The van der Waals surface area contributed by atoms with Crippen molar-refractivity contribution in [2.24, 2.45) is 0 Å². The average Bonchev–Trinajstić information content (AvgIpc) is 3.20. The van der Waals surface area contributed by atoms with Gasteiger partial charge in [0.15, 0.2) is 0 Å². The number of fused-ring (bicyclic) bond motifs is 4. The molecule has 0 aliphatic heterocycles. The van der Waals surface area contributed by atoms with Gasteiger partial charge in [0.2, 0.25) is 0 Å². The Bertz CT molecular complexity index is 1170. The van der Waals surface area contributed by atoms with Crippen LogP contribution in [-0.4, -0.2) is 0 Å². The molecule has 6 rings (SSSR count). The van der Waals surface area contributed by atoms with Crippen molar-refractivity contribution in [3.05, 3.63) is 128 Å². The molecule has 0 aromatic heterocycles. The molecule has 0 heteroatoms. The summed E-state index contributed by atoms with van der Waals surface area (Å²) in [6, 6.07) is 17.7. The summed E-state index contributed by atoms with van der Waals surface area (Å²) in [6.07, 6.45) is 12.8. The fraction of sp³-hybridized carbons (Fsp3) is 0.172. The van der Waals surface area contributed by atoms with Crippen LogP contribution in [0, 0.1) is 0 Å². The molecule has 0 bridgehead atoms. The van der Waals surface area contributed by atoms with Gasteiger partial charge in [-0.2, -0.15) is 0 Å². The Hall–Kier alpha value is -3.12. The molecular formula is C29H24. The molecule has 0 nitrogen and oxygen atoms in total. The molecule has 0 heterocycles. The number of benzene rings is 2. The van der Waals surface area contributed by atoms with Crippen LogP contribution in [0.15, 0.2) is 105 Å². The van der Waals surface area contributed by atoms with E-state index in [4.69, 9.17) is 0 Å². The Morgan fingerprint density at radius 1 is 0.586 bits per heavy atom. The lowest BCUT2D eigenvalue weighted by atomic mass is 9.82. The van der Waals surface area contributed by atoms with Crippen molar-refractivity contribution in [3.63, 3.8) is 0 Å². The van der Waals surface area contributed by atoms with Crippen molar-refractivity contribution < 1.29 is 0 Å². The Labute approximate surface area is 173 Å². The quantitative estimate of drug-likeness (QED) is 0.524. The second-order valence-corrected chi connectivity index (χ2v) is 8.71. The maximum atomic E-state index is 2.42. The molecule has 2 aromatic rings. The maximum absolute atomic E-state index is 2.42. The van der Waals surface area contributed by atoms with E-state index < -0.39 is 0 Å². The van der Waals surface area contributed by atoms with E-state index in [2.05, 4.69) is 86.7 Å². The van der Waals surface area contributed by atoms with Crippen LogP contribution in [0.3, 0.4) is 0 Å². The summed E-state index contributed by atoms with van der Waals surface area (Å²) >= 11 is 0. The standard InChI is InChI=1S/C29H24/c1-18-11-24-13-20-7-3-5-9-22(20)15-28(24)26(18)17-27-19(2)12-25-14-21-8-4-6-10-23(21)16-29(25)27/h3-12,15-16H,13-14,17H2,1-2H3.